The Kier molecular flexibility index (Phi) is 7.60. The molecule has 0 saturated carbocycles. The van der Waals surface area contributed by atoms with Crippen molar-refractivity contribution < 1.29 is 49.8 Å². The second-order valence-corrected chi connectivity index (χ2v) is 10.3. The van der Waals surface area contributed by atoms with Crippen LogP contribution in [0.15, 0.2) is 60.1 Å². The van der Waals surface area contributed by atoms with Crippen molar-refractivity contribution >= 4 is 17.5 Å². The number of amides is 2. The molecule has 1 fully saturated rings. The van der Waals surface area contributed by atoms with Crippen LogP contribution in [0.5, 0.6) is 0 Å². The van der Waals surface area contributed by atoms with E-state index in [0.29, 0.717) is 48.8 Å². The average Bonchev–Trinajstić information content (AvgIpc) is 3.34. The zero-order chi connectivity index (χ0) is 32.2. The van der Waals surface area contributed by atoms with Gasteiger partial charge in [0.1, 0.15) is 23.4 Å². The lowest BCUT2D eigenvalue weighted by atomic mass is 9.91. The van der Waals surface area contributed by atoms with E-state index in [-0.39, 0.29) is 0 Å². The number of rotatable bonds is 5. The number of hydrazine groups is 1. The summed E-state index contributed by atoms with van der Waals surface area (Å²) in [4.78, 5) is 34.6. The molecule has 0 unspecified atom stereocenters. The lowest BCUT2D eigenvalue weighted by Crippen LogP contribution is -2.59. The molecule has 2 aromatic carbocycles. The van der Waals surface area contributed by atoms with Crippen molar-refractivity contribution in [1.29, 1.82) is 0 Å². The number of aliphatic hydroxyl groups is 1. The molecule has 2 aliphatic rings. The van der Waals surface area contributed by atoms with E-state index in [4.69, 9.17) is 0 Å². The normalized spacial score (nSPS) is 19.2. The van der Waals surface area contributed by atoms with Crippen molar-refractivity contribution in [3.63, 3.8) is 0 Å². The number of hydrogen-bond donors (Lipinski definition) is 2. The van der Waals surface area contributed by atoms with Crippen molar-refractivity contribution in [3.8, 4) is 11.3 Å². The minimum atomic E-state index is -5.03. The molecule has 2 aliphatic heterocycles. The van der Waals surface area contributed by atoms with E-state index in [1.165, 1.54) is 11.9 Å². The Morgan fingerprint density at radius 2 is 1.80 bits per heavy atom. The van der Waals surface area contributed by atoms with Gasteiger partial charge in [0, 0.05) is 17.7 Å². The predicted molar refractivity (Wildman–Crippen MR) is 137 cm³/mol. The van der Waals surface area contributed by atoms with E-state index in [0.717, 1.165) is 24.3 Å². The van der Waals surface area contributed by atoms with Gasteiger partial charge in [-0.25, -0.2) is 23.8 Å². The molecule has 0 aliphatic carbocycles. The molecule has 1 aromatic heterocycles. The fourth-order valence-electron chi connectivity index (χ4n) is 5.20. The first-order chi connectivity index (χ1) is 20.5. The zero-order valence-electron chi connectivity index (χ0n) is 22.5. The van der Waals surface area contributed by atoms with Crippen LogP contribution in [0.1, 0.15) is 36.6 Å². The van der Waals surface area contributed by atoms with Gasteiger partial charge in [0.25, 0.3) is 11.8 Å². The van der Waals surface area contributed by atoms with E-state index in [1.54, 1.807) is 0 Å². The Morgan fingerprint density at radius 1 is 1.07 bits per heavy atom. The Hall–Kier alpha value is -4.60. The first kappa shape index (κ1) is 30.8. The average molecular weight is 627 g/mol. The fraction of sp³-hybridized carbons (Fsp3) is 0.286. The number of hydrogen-bond acceptors (Lipinski definition) is 6. The van der Waals surface area contributed by atoms with Gasteiger partial charge in [-0.3, -0.25) is 15.0 Å². The predicted octanol–water partition coefficient (Wildman–Crippen LogP) is 5.70. The molecular formula is C28H21F8N5O3. The number of anilines is 1. The number of aliphatic hydroxyl groups excluding tert-OH is 1. The van der Waals surface area contributed by atoms with Crippen LogP contribution in [0.25, 0.3) is 11.3 Å². The molecule has 5 rings (SSSR count). The summed E-state index contributed by atoms with van der Waals surface area (Å²) in [6.45, 7) is 0.939. The van der Waals surface area contributed by atoms with Gasteiger partial charge in [-0.05, 0) is 50.1 Å². The molecular weight excluding hydrogens is 606 g/mol. The van der Waals surface area contributed by atoms with Crippen molar-refractivity contribution in [2.45, 2.75) is 44.2 Å². The second kappa shape index (κ2) is 10.8. The minimum Gasteiger partial charge on any atom is -0.509 e. The van der Waals surface area contributed by atoms with Gasteiger partial charge in [0.15, 0.2) is 11.6 Å². The monoisotopic (exact) mass is 627 g/mol. The molecule has 2 N–H and O–H groups in total. The minimum absolute atomic E-state index is 0.293. The molecule has 232 valence electrons. The third-order valence-corrected chi connectivity index (χ3v) is 7.52. The van der Waals surface area contributed by atoms with Gasteiger partial charge in [-0.2, -0.15) is 26.3 Å². The number of carbonyl (C=O) groups excluding carboxylic acids is 2. The molecule has 0 bridgehead atoms. The lowest BCUT2D eigenvalue weighted by molar-refractivity contribution is -0.141. The van der Waals surface area contributed by atoms with Gasteiger partial charge in [-0.1, -0.05) is 12.1 Å². The molecule has 44 heavy (non-hydrogen) atoms. The Morgan fingerprint density at radius 3 is 2.48 bits per heavy atom. The molecule has 1 atom stereocenters. The van der Waals surface area contributed by atoms with Gasteiger partial charge in [-0.15, -0.1) is 0 Å². The van der Waals surface area contributed by atoms with E-state index < -0.39 is 93.0 Å². The molecule has 3 aromatic rings. The van der Waals surface area contributed by atoms with Gasteiger partial charge >= 0.3 is 12.4 Å². The Labute approximate surface area is 243 Å². The summed E-state index contributed by atoms with van der Waals surface area (Å²) in [5.74, 6) is -5.88. The molecule has 0 radical (unpaired) electrons. The topological polar surface area (TPSA) is 98.7 Å². The number of alkyl halides is 6. The highest BCUT2D eigenvalue weighted by Crippen LogP contribution is 2.41. The fourth-order valence-corrected chi connectivity index (χ4v) is 5.20. The lowest BCUT2D eigenvalue weighted by Gasteiger charge is -2.40. The molecule has 8 nitrogen and oxygen atoms in total. The molecule has 1 saturated heterocycles. The van der Waals surface area contributed by atoms with Gasteiger partial charge in [0.2, 0.25) is 0 Å². The highest BCUT2D eigenvalue weighted by Gasteiger charge is 2.50. The van der Waals surface area contributed by atoms with Crippen LogP contribution in [0, 0.1) is 11.6 Å². The highest BCUT2D eigenvalue weighted by molar-refractivity contribution is 6.24. The number of aromatic nitrogens is 2. The SMILES string of the molecule is C[C@]12CCCN1NC(=O)C(C(=O)N(Cc1cccc(F)c1F)c1ccc(C(F)(F)F)cc1-c1cc(C(F)(F)F)ncn1)=C2O. The van der Waals surface area contributed by atoms with Crippen LogP contribution in [0.2, 0.25) is 0 Å². The Balaban J connectivity index is 1.76. The summed E-state index contributed by atoms with van der Waals surface area (Å²) in [6.07, 6.45) is -8.76. The van der Waals surface area contributed by atoms with E-state index in [1.807, 2.05) is 0 Å². The van der Waals surface area contributed by atoms with Crippen molar-refractivity contribution in [1.82, 2.24) is 20.4 Å². The van der Waals surface area contributed by atoms with Crippen molar-refractivity contribution in [2.75, 3.05) is 11.4 Å². The van der Waals surface area contributed by atoms with Gasteiger partial charge < -0.3 is 10.0 Å². The summed E-state index contributed by atoms with van der Waals surface area (Å²) in [5.41, 5.74) is -4.88. The standard InChI is InChI=1S/C28H21F8N5O3/c1-26-8-3-9-41(26)39-24(43)21(23(26)42)25(44)40(12-14-4-2-5-17(29)22(14)30)19-7-6-15(27(31,32)33)10-16(19)18-11-20(28(34,35)36)38-13-37-18/h2,4-7,10-11,13,42H,3,8-9,12H2,1H3,(H,39,43)/t26-/m1/s1. The first-order valence-electron chi connectivity index (χ1n) is 12.9. The number of halogens is 8. The first-order valence-corrected chi connectivity index (χ1v) is 12.9. The van der Waals surface area contributed by atoms with Crippen molar-refractivity contribution in [3.05, 3.63) is 88.6 Å². The number of nitrogens with one attached hydrogen (secondary N) is 1. The third-order valence-electron chi connectivity index (χ3n) is 7.52. The maximum absolute atomic E-state index is 14.8. The summed E-state index contributed by atoms with van der Waals surface area (Å²) < 4.78 is 111. The van der Waals surface area contributed by atoms with Crippen LogP contribution >= 0.6 is 0 Å². The quantitative estimate of drug-likeness (QED) is 0.278. The maximum atomic E-state index is 14.8. The zero-order valence-corrected chi connectivity index (χ0v) is 22.5. The van der Waals surface area contributed by atoms with Crippen molar-refractivity contribution in [2.24, 2.45) is 0 Å². The number of nitrogens with zero attached hydrogens (tertiary/aromatic N) is 4. The van der Waals surface area contributed by atoms with Crippen LogP contribution in [0.3, 0.4) is 0 Å². The largest absolute Gasteiger partial charge is 0.509 e. The number of carbonyl (C=O) groups is 2. The van der Waals surface area contributed by atoms with Gasteiger partial charge in [0.05, 0.1) is 29.0 Å². The van der Waals surface area contributed by atoms with Crippen LogP contribution in [-0.4, -0.2) is 44.0 Å². The number of benzene rings is 2. The summed E-state index contributed by atoms with van der Waals surface area (Å²) >= 11 is 0. The highest BCUT2D eigenvalue weighted by atomic mass is 19.4. The van der Waals surface area contributed by atoms with Crippen LogP contribution in [0.4, 0.5) is 40.8 Å². The summed E-state index contributed by atoms with van der Waals surface area (Å²) in [7, 11) is 0. The van der Waals surface area contributed by atoms with E-state index >= 15 is 0 Å². The number of fused-ring (bicyclic) bond motifs is 1. The maximum Gasteiger partial charge on any atom is 0.433 e. The summed E-state index contributed by atoms with van der Waals surface area (Å²) in [5, 5.41) is 12.6. The smallest absolute Gasteiger partial charge is 0.433 e. The molecule has 16 heteroatoms. The molecule has 3 heterocycles. The van der Waals surface area contributed by atoms with Crippen LogP contribution in [-0.2, 0) is 28.5 Å². The summed E-state index contributed by atoms with van der Waals surface area (Å²) in [6, 6.07) is 4.94. The third kappa shape index (κ3) is 5.44. The van der Waals surface area contributed by atoms with Crippen LogP contribution < -0.4 is 10.3 Å². The van der Waals surface area contributed by atoms with E-state index in [2.05, 4.69) is 15.4 Å². The Bertz CT molecular complexity index is 1690. The van der Waals surface area contributed by atoms with E-state index in [9.17, 15) is 49.8 Å². The second-order valence-electron chi connectivity index (χ2n) is 10.3. The molecule has 0 spiro atoms. The molecule has 2 amide bonds.